The van der Waals surface area contributed by atoms with Gasteiger partial charge >= 0.3 is 0 Å². The molecule has 4 heteroatoms. The molecule has 0 spiro atoms. The van der Waals surface area contributed by atoms with Crippen molar-refractivity contribution < 1.29 is 9.47 Å². The average molecular weight is 324 g/mol. The minimum absolute atomic E-state index is 0.0312. The van der Waals surface area contributed by atoms with E-state index < -0.39 is 0 Å². The lowest BCUT2D eigenvalue weighted by Gasteiger charge is -2.27. The van der Waals surface area contributed by atoms with Gasteiger partial charge in [-0.2, -0.15) is 0 Å². The van der Waals surface area contributed by atoms with Crippen LogP contribution in [-0.2, 0) is 6.54 Å². The molecular weight excluding hydrogens is 300 g/mol. The van der Waals surface area contributed by atoms with E-state index in [1.54, 1.807) is 0 Å². The van der Waals surface area contributed by atoms with E-state index in [2.05, 4.69) is 34.5 Å². The fourth-order valence-corrected chi connectivity index (χ4v) is 3.34. The lowest BCUT2D eigenvalue weighted by atomic mass is 10.1. The van der Waals surface area contributed by atoms with Crippen LogP contribution in [0.4, 0.5) is 0 Å². The summed E-state index contributed by atoms with van der Waals surface area (Å²) in [6.07, 6.45) is 1.20. The maximum Gasteiger partial charge on any atom is 0.162 e. The summed E-state index contributed by atoms with van der Waals surface area (Å²) < 4.78 is 11.9. The van der Waals surface area contributed by atoms with Gasteiger partial charge in [-0.15, -0.1) is 0 Å². The molecule has 0 saturated carbocycles. The van der Waals surface area contributed by atoms with Crippen LogP contribution >= 0.6 is 0 Å². The first-order chi connectivity index (χ1) is 11.9. The van der Waals surface area contributed by atoms with Gasteiger partial charge in [0, 0.05) is 19.6 Å². The molecule has 1 fully saturated rings. The molecule has 0 aliphatic carbocycles. The summed E-state index contributed by atoms with van der Waals surface area (Å²) in [5.74, 6) is 1.66. The normalized spacial score (nSPS) is 21.2. The first kappa shape index (κ1) is 15.5. The number of benzene rings is 2. The van der Waals surface area contributed by atoms with Crippen molar-refractivity contribution in [3.05, 3.63) is 59.7 Å². The molecule has 0 radical (unpaired) electrons. The molecule has 2 aromatic rings. The maximum atomic E-state index is 6.08. The van der Waals surface area contributed by atoms with E-state index in [1.807, 2.05) is 24.3 Å². The third-order valence-electron chi connectivity index (χ3n) is 4.70. The number of nitrogens with zero attached hydrogens (tertiary/aromatic N) is 1. The largest absolute Gasteiger partial charge is 0.485 e. The zero-order valence-corrected chi connectivity index (χ0v) is 13.9. The van der Waals surface area contributed by atoms with Gasteiger partial charge in [-0.1, -0.05) is 36.4 Å². The molecule has 1 N–H and O–H groups in total. The van der Waals surface area contributed by atoms with E-state index in [1.165, 1.54) is 24.1 Å². The van der Waals surface area contributed by atoms with Crippen LogP contribution in [0.5, 0.6) is 11.5 Å². The molecule has 2 aliphatic rings. The Hall–Kier alpha value is -2.04. The van der Waals surface area contributed by atoms with Gasteiger partial charge in [0.15, 0.2) is 17.6 Å². The molecule has 0 aromatic heterocycles. The molecule has 2 heterocycles. The fraction of sp³-hybridized carbons (Fsp3) is 0.400. The van der Waals surface area contributed by atoms with Crippen molar-refractivity contribution >= 4 is 0 Å². The van der Waals surface area contributed by atoms with E-state index in [9.17, 15) is 0 Å². The van der Waals surface area contributed by atoms with Crippen LogP contribution in [0.25, 0.3) is 0 Å². The number of hydrogen-bond acceptors (Lipinski definition) is 4. The van der Waals surface area contributed by atoms with Crippen LogP contribution < -0.4 is 14.8 Å². The zero-order chi connectivity index (χ0) is 16.2. The number of hydrogen-bond donors (Lipinski definition) is 1. The first-order valence-corrected chi connectivity index (χ1v) is 8.79. The van der Waals surface area contributed by atoms with Crippen molar-refractivity contribution in [1.82, 2.24) is 10.2 Å². The molecule has 0 unspecified atom stereocenters. The summed E-state index contributed by atoms with van der Waals surface area (Å²) in [6.45, 7) is 6.10. The van der Waals surface area contributed by atoms with Crippen LogP contribution in [0.3, 0.4) is 0 Å². The minimum atomic E-state index is -0.0312. The maximum absolute atomic E-state index is 6.08. The van der Waals surface area contributed by atoms with Gasteiger partial charge < -0.3 is 14.8 Å². The van der Waals surface area contributed by atoms with Crippen molar-refractivity contribution in [2.45, 2.75) is 19.1 Å². The van der Waals surface area contributed by atoms with E-state index in [-0.39, 0.29) is 6.10 Å². The zero-order valence-electron chi connectivity index (χ0n) is 13.9. The number of ether oxygens (including phenoxy) is 2. The highest BCUT2D eigenvalue weighted by atomic mass is 16.6. The Kier molecular flexibility index (Phi) is 4.67. The molecular formula is C20H24N2O2. The van der Waals surface area contributed by atoms with Gasteiger partial charge in [-0.25, -0.2) is 0 Å². The summed E-state index contributed by atoms with van der Waals surface area (Å²) in [5, 5.41) is 3.45. The third kappa shape index (κ3) is 3.55. The van der Waals surface area contributed by atoms with Gasteiger partial charge in [-0.3, -0.25) is 4.90 Å². The van der Waals surface area contributed by atoms with Crippen LogP contribution in [-0.4, -0.2) is 37.7 Å². The third-order valence-corrected chi connectivity index (χ3v) is 4.70. The Labute approximate surface area is 143 Å². The fourth-order valence-electron chi connectivity index (χ4n) is 3.34. The predicted octanol–water partition coefficient (Wildman–Crippen LogP) is 2.99. The summed E-state index contributed by atoms with van der Waals surface area (Å²) in [6, 6.07) is 16.6. The Morgan fingerprint density at radius 1 is 0.958 bits per heavy atom. The second kappa shape index (κ2) is 7.24. The average Bonchev–Trinajstić information content (AvgIpc) is 2.91. The summed E-state index contributed by atoms with van der Waals surface area (Å²) in [7, 11) is 0. The van der Waals surface area contributed by atoms with E-state index in [0.29, 0.717) is 6.61 Å². The second-order valence-corrected chi connectivity index (χ2v) is 6.49. The molecule has 126 valence electrons. The van der Waals surface area contributed by atoms with Crippen LogP contribution in [0.1, 0.15) is 23.7 Å². The van der Waals surface area contributed by atoms with Gasteiger partial charge in [0.25, 0.3) is 0 Å². The molecule has 0 bridgehead atoms. The quantitative estimate of drug-likeness (QED) is 0.941. The summed E-state index contributed by atoms with van der Waals surface area (Å²) in [5.41, 5.74) is 2.53. The van der Waals surface area contributed by atoms with Gasteiger partial charge in [0.1, 0.15) is 6.61 Å². The van der Waals surface area contributed by atoms with Gasteiger partial charge in [-0.05, 0) is 42.8 Å². The van der Waals surface area contributed by atoms with Crippen LogP contribution in [0, 0.1) is 0 Å². The van der Waals surface area contributed by atoms with E-state index in [0.717, 1.165) is 37.7 Å². The van der Waals surface area contributed by atoms with Crippen molar-refractivity contribution in [1.29, 1.82) is 0 Å². The minimum Gasteiger partial charge on any atom is -0.485 e. The van der Waals surface area contributed by atoms with Crippen molar-refractivity contribution in [2.24, 2.45) is 0 Å². The van der Waals surface area contributed by atoms with Crippen molar-refractivity contribution in [3.8, 4) is 11.5 Å². The summed E-state index contributed by atoms with van der Waals surface area (Å²) in [4.78, 5) is 2.52. The van der Waals surface area contributed by atoms with Crippen molar-refractivity contribution in [2.75, 3.05) is 32.8 Å². The highest BCUT2D eigenvalue weighted by Crippen LogP contribution is 2.35. The Bertz CT molecular complexity index is 664. The Morgan fingerprint density at radius 2 is 1.79 bits per heavy atom. The van der Waals surface area contributed by atoms with Crippen molar-refractivity contribution in [3.63, 3.8) is 0 Å². The molecule has 24 heavy (non-hydrogen) atoms. The van der Waals surface area contributed by atoms with Gasteiger partial charge in [0.2, 0.25) is 0 Å². The first-order valence-electron chi connectivity index (χ1n) is 8.79. The second-order valence-electron chi connectivity index (χ2n) is 6.49. The van der Waals surface area contributed by atoms with Gasteiger partial charge in [0.05, 0.1) is 0 Å². The molecule has 0 amide bonds. The lowest BCUT2D eigenvalue weighted by Crippen LogP contribution is -2.27. The number of para-hydroxylation sites is 2. The lowest BCUT2D eigenvalue weighted by molar-refractivity contribution is 0.0913. The number of rotatable bonds is 3. The van der Waals surface area contributed by atoms with Crippen LogP contribution in [0.15, 0.2) is 48.5 Å². The van der Waals surface area contributed by atoms with E-state index >= 15 is 0 Å². The smallest absolute Gasteiger partial charge is 0.162 e. The molecule has 2 aliphatic heterocycles. The van der Waals surface area contributed by atoms with E-state index in [4.69, 9.17) is 9.47 Å². The Balaban J connectivity index is 1.41. The molecule has 1 saturated heterocycles. The SMILES string of the molecule is c1ccc2c(c1)OC[C@H](c1ccc(CN3CCCNCC3)cc1)O2. The monoisotopic (exact) mass is 324 g/mol. The topological polar surface area (TPSA) is 33.7 Å². The molecule has 4 nitrogen and oxygen atoms in total. The molecule has 1 atom stereocenters. The highest BCUT2D eigenvalue weighted by Gasteiger charge is 2.22. The number of nitrogens with one attached hydrogen (secondary N) is 1. The predicted molar refractivity (Wildman–Crippen MR) is 94.5 cm³/mol. The van der Waals surface area contributed by atoms with Crippen LogP contribution in [0.2, 0.25) is 0 Å². The summed E-state index contributed by atoms with van der Waals surface area (Å²) >= 11 is 0. The number of fused-ring (bicyclic) bond motifs is 1. The molecule has 2 aromatic carbocycles. The highest BCUT2D eigenvalue weighted by molar-refractivity contribution is 5.41. The molecule has 4 rings (SSSR count). The Morgan fingerprint density at radius 3 is 2.67 bits per heavy atom. The standard InChI is InChI=1S/C20H24N2O2/c1-2-5-19-18(4-1)23-15-20(24-19)17-8-6-16(7-9-17)14-22-12-3-10-21-11-13-22/h1-2,4-9,20-21H,3,10-15H2/t20-/m1/s1.